The average molecular weight is 165 g/mol. The molecule has 0 saturated carbocycles. The molecule has 0 spiro atoms. The lowest BCUT2D eigenvalue weighted by atomic mass is 10.3. The highest BCUT2D eigenvalue weighted by molar-refractivity contribution is 7.88. The molecule has 0 radical (unpaired) electrons. The average Bonchev–Trinajstić information content (AvgIpc) is 1.60. The summed E-state index contributed by atoms with van der Waals surface area (Å²) in [5.74, 6) is -0.189. The van der Waals surface area contributed by atoms with Crippen molar-refractivity contribution in [3.8, 4) is 0 Å². The van der Waals surface area contributed by atoms with E-state index in [1.165, 1.54) is 6.92 Å². The van der Waals surface area contributed by atoms with E-state index in [0.717, 1.165) is 6.26 Å². The second-order valence-corrected chi connectivity index (χ2v) is 3.85. The third-order valence-corrected chi connectivity index (χ3v) is 1.64. The van der Waals surface area contributed by atoms with Crippen LogP contribution in [0.15, 0.2) is 0 Å². The van der Waals surface area contributed by atoms with E-state index in [2.05, 4.69) is 4.72 Å². The van der Waals surface area contributed by atoms with Crippen molar-refractivity contribution in [2.24, 2.45) is 5.73 Å². The summed E-state index contributed by atoms with van der Waals surface area (Å²) in [6, 6.07) is -0.616. The van der Waals surface area contributed by atoms with Crippen LogP contribution < -0.4 is 10.5 Å². The maximum absolute atomic E-state index is 10.5. The summed E-state index contributed by atoms with van der Waals surface area (Å²) in [7, 11) is -3.24. The molecule has 5 nitrogen and oxygen atoms in total. The highest BCUT2D eigenvalue weighted by Crippen LogP contribution is 1.82. The lowest BCUT2D eigenvalue weighted by Crippen LogP contribution is -2.41. The van der Waals surface area contributed by atoms with Crippen molar-refractivity contribution in [2.75, 3.05) is 6.26 Å². The molecule has 0 saturated heterocycles. The molecule has 0 heterocycles. The number of rotatable bonds is 3. The van der Waals surface area contributed by atoms with Crippen molar-refractivity contribution in [1.82, 2.24) is 4.72 Å². The Balaban J connectivity index is 4.06. The van der Waals surface area contributed by atoms with E-state index < -0.39 is 16.1 Å². The Morgan fingerprint density at radius 3 is 2.20 bits per heavy atom. The van der Waals surface area contributed by atoms with Gasteiger partial charge in [-0.05, 0) is 6.92 Å². The molecule has 1 atom stereocenters. The second kappa shape index (κ2) is 2.98. The summed E-state index contributed by atoms with van der Waals surface area (Å²) in [6.07, 6.45) is 1.02. The van der Waals surface area contributed by atoms with E-state index in [1.807, 2.05) is 0 Å². The first-order valence-electron chi connectivity index (χ1n) is 2.64. The molecule has 0 amide bonds. The lowest BCUT2D eigenvalue weighted by molar-refractivity contribution is 0.584. The summed E-state index contributed by atoms with van der Waals surface area (Å²) < 4.78 is 23.1. The van der Waals surface area contributed by atoms with Crippen LogP contribution in [0.4, 0.5) is 0 Å². The normalized spacial score (nSPS) is 14.6. The zero-order chi connectivity index (χ0) is 8.36. The van der Waals surface area contributed by atoms with Gasteiger partial charge in [0, 0.05) is 0 Å². The van der Waals surface area contributed by atoms with Crippen LogP contribution in [0.3, 0.4) is 0 Å². The van der Waals surface area contributed by atoms with Gasteiger partial charge in [0.05, 0.1) is 12.3 Å². The molecule has 6 heteroatoms. The van der Waals surface area contributed by atoms with Crippen molar-refractivity contribution >= 4 is 15.9 Å². The smallest absolute Gasteiger partial charge is 0.209 e. The van der Waals surface area contributed by atoms with Gasteiger partial charge in [-0.3, -0.25) is 5.41 Å². The van der Waals surface area contributed by atoms with Crippen LogP contribution in [0.1, 0.15) is 6.92 Å². The molecule has 0 bridgehead atoms. The largest absolute Gasteiger partial charge is 0.386 e. The third-order valence-electron chi connectivity index (χ3n) is 0.857. The molecule has 0 aromatic heterocycles. The van der Waals surface area contributed by atoms with Gasteiger partial charge in [0.2, 0.25) is 10.0 Å². The van der Waals surface area contributed by atoms with E-state index in [1.54, 1.807) is 0 Å². The van der Waals surface area contributed by atoms with Crippen LogP contribution in [0.25, 0.3) is 0 Å². The van der Waals surface area contributed by atoms with E-state index >= 15 is 0 Å². The molecule has 0 aliphatic heterocycles. The Morgan fingerprint density at radius 1 is 1.70 bits per heavy atom. The van der Waals surface area contributed by atoms with Gasteiger partial charge in [0.1, 0.15) is 5.84 Å². The fraction of sp³-hybridized carbons (Fsp3) is 0.750. The maximum Gasteiger partial charge on any atom is 0.209 e. The lowest BCUT2D eigenvalue weighted by Gasteiger charge is -2.08. The van der Waals surface area contributed by atoms with Gasteiger partial charge in [0.25, 0.3) is 0 Å². The molecule has 0 aromatic rings. The summed E-state index contributed by atoms with van der Waals surface area (Å²) in [4.78, 5) is 0. The molecular weight excluding hydrogens is 154 g/mol. The van der Waals surface area contributed by atoms with Crippen LogP contribution >= 0.6 is 0 Å². The van der Waals surface area contributed by atoms with E-state index in [9.17, 15) is 8.42 Å². The van der Waals surface area contributed by atoms with Crippen LogP contribution in [0, 0.1) is 5.41 Å². The van der Waals surface area contributed by atoms with Gasteiger partial charge in [-0.25, -0.2) is 13.1 Å². The molecule has 4 N–H and O–H groups in total. The topological polar surface area (TPSA) is 96.0 Å². The molecule has 0 aliphatic rings. The number of hydrogen-bond donors (Lipinski definition) is 3. The van der Waals surface area contributed by atoms with Crippen LogP contribution in [-0.4, -0.2) is 26.6 Å². The zero-order valence-electron chi connectivity index (χ0n) is 5.88. The quantitative estimate of drug-likeness (QED) is 0.364. The number of amidine groups is 1. The third kappa shape index (κ3) is 4.28. The van der Waals surface area contributed by atoms with Crippen LogP contribution in [0.5, 0.6) is 0 Å². The summed E-state index contributed by atoms with van der Waals surface area (Å²) in [6.45, 7) is 1.50. The maximum atomic E-state index is 10.5. The summed E-state index contributed by atoms with van der Waals surface area (Å²) >= 11 is 0. The van der Waals surface area contributed by atoms with Crippen LogP contribution in [-0.2, 0) is 10.0 Å². The molecular formula is C4H11N3O2S. The highest BCUT2D eigenvalue weighted by atomic mass is 32.2. The van der Waals surface area contributed by atoms with Crippen molar-refractivity contribution in [3.05, 3.63) is 0 Å². The first-order valence-corrected chi connectivity index (χ1v) is 4.53. The van der Waals surface area contributed by atoms with E-state index in [4.69, 9.17) is 11.1 Å². The van der Waals surface area contributed by atoms with E-state index in [0.29, 0.717) is 0 Å². The van der Waals surface area contributed by atoms with Crippen molar-refractivity contribution in [3.63, 3.8) is 0 Å². The zero-order valence-corrected chi connectivity index (χ0v) is 6.70. The second-order valence-electron chi connectivity index (χ2n) is 2.07. The fourth-order valence-corrected chi connectivity index (χ4v) is 1.15. The first kappa shape index (κ1) is 9.38. The van der Waals surface area contributed by atoms with Gasteiger partial charge in [0.15, 0.2) is 0 Å². The minimum absolute atomic E-state index is 0.189. The Bertz CT molecular complexity index is 221. The monoisotopic (exact) mass is 165 g/mol. The molecule has 10 heavy (non-hydrogen) atoms. The van der Waals surface area contributed by atoms with Crippen molar-refractivity contribution < 1.29 is 8.42 Å². The summed E-state index contributed by atoms with van der Waals surface area (Å²) in [5.41, 5.74) is 5.00. The molecule has 1 unspecified atom stereocenters. The molecule has 60 valence electrons. The Kier molecular flexibility index (Phi) is 2.79. The molecule has 0 fully saturated rings. The number of hydrogen-bond acceptors (Lipinski definition) is 3. The Labute approximate surface area is 60.2 Å². The molecule has 0 aliphatic carbocycles. The van der Waals surface area contributed by atoms with Crippen molar-refractivity contribution in [1.29, 1.82) is 5.41 Å². The van der Waals surface area contributed by atoms with Crippen molar-refractivity contribution in [2.45, 2.75) is 13.0 Å². The first-order chi connectivity index (χ1) is 4.33. The number of nitrogens with one attached hydrogen (secondary N) is 2. The predicted molar refractivity (Wildman–Crippen MR) is 39.4 cm³/mol. The Hall–Kier alpha value is -0.620. The molecule has 0 aromatic carbocycles. The van der Waals surface area contributed by atoms with E-state index in [-0.39, 0.29) is 5.84 Å². The fourth-order valence-electron chi connectivity index (χ4n) is 0.385. The van der Waals surface area contributed by atoms with Gasteiger partial charge in [-0.1, -0.05) is 0 Å². The van der Waals surface area contributed by atoms with Gasteiger partial charge in [-0.15, -0.1) is 0 Å². The SMILES string of the molecule is CC(NS(C)(=O)=O)C(=N)N. The minimum atomic E-state index is -3.24. The highest BCUT2D eigenvalue weighted by Gasteiger charge is 2.09. The standard InChI is InChI=1S/C4H11N3O2S/c1-3(4(5)6)7-10(2,8)9/h3,7H,1-2H3,(H3,5,6). The summed E-state index contributed by atoms with van der Waals surface area (Å²) in [5, 5.41) is 6.83. The van der Waals surface area contributed by atoms with Gasteiger partial charge >= 0.3 is 0 Å². The molecule has 0 rings (SSSR count). The van der Waals surface area contributed by atoms with Gasteiger partial charge < -0.3 is 5.73 Å². The number of sulfonamides is 1. The number of nitrogens with two attached hydrogens (primary N) is 1. The van der Waals surface area contributed by atoms with Gasteiger partial charge in [-0.2, -0.15) is 0 Å². The Morgan fingerprint density at radius 2 is 2.10 bits per heavy atom. The minimum Gasteiger partial charge on any atom is -0.386 e. The predicted octanol–water partition coefficient (Wildman–Crippen LogP) is -1.14. The van der Waals surface area contributed by atoms with Crippen LogP contribution in [0.2, 0.25) is 0 Å².